The van der Waals surface area contributed by atoms with E-state index in [0.717, 1.165) is 38.8 Å². The van der Waals surface area contributed by atoms with Crippen molar-refractivity contribution in [2.24, 2.45) is 5.92 Å². The Morgan fingerprint density at radius 1 is 1.10 bits per heavy atom. The summed E-state index contributed by atoms with van der Waals surface area (Å²) < 4.78 is 10.6. The number of methoxy groups -OCH3 is 2. The molecule has 0 aromatic carbocycles. The first kappa shape index (κ1) is 17.9. The number of nitrogens with zero attached hydrogens (tertiary/aromatic N) is 1. The molecule has 0 bridgehead atoms. The van der Waals surface area contributed by atoms with Crippen LogP contribution in [0.2, 0.25) is 0 Å². The molecule has 1 fully saturated rings. The molecule has 0 saturated heterocycles. The number of ether oxygens (including phenoxy) is 2. The van der Waals surface area contributed by atoms with Crippen LogP contribution in [0.1, 0.15) is 39.5 Å². The Morgan fingerprint density at radius 3 is 2.30 bits per heavy atom. The van der Waals surface area contributed by atoms with Crippen molar-refractivity contribution in [1.82, 2.24) is 10.2 Å². The molecule has 1 aliphatic carbocycles. The van der Waals surface area contributed by atoms with Gasteiger partial charge in [0.1, 0.15) is 0 Å². The summed E-state index contributed by atoms with van der Waals surface area (Å²) in [4.78, 5) is 2.57. The third-order valence-electron chi connectivity index (χ3n) is 4.37. The second-order valence-corrected chi connectivity index (χ2v) is 6.07. The molecule has 0 amide bonds. The molecule has 1 N–H and O–H groups in total. The first-order valence-corrected chi connectivity index (χ1v) is 8.18. The Balaban J connectivity index is 2.63. The molecular weight excluding hydrogens is 252 g/mol. The summed E-state index contributed by atoms with van der Waals surface area (Å²) >= 11 is 0. The Bertz CT molecular complexity index is 229. The van der Waals surface area contributed by atoms with Crippen molar-refractivity contribution in [1.29, 1.82) is 0 Å². The van der Waals surface area contributed by atoms with Crippen LogP contribution in [0.3, 0.4) is 0 Å². The molecule has 1 aliphatic rings. The molecule has 4 heteroatoms. The van der Waals surface area contributed by atoms with Crippen LogP contribution in [0.15, 0.2) is 0 Å². The van der Waals surface area contributed by atoms with Gasteiger partial charge < -0.3 is 14.8 Å². The highest BCUT2D eigenvalue weighted by Crippen LogP contribution is 2.27. The summed E-state index contributed by atoms with van der Waals surface area (Å²) in [5.41, 5.74) is 0. The fourth-order valence-electron chi connectivity index (χ4n) is 3.18. The maximum absolute atomic E-state index is 5.28. The third kappa shape index (κ3) is 6.08. The van der Waals surface area contributed by atoms with Crippen molar-refractivity contribution < 1.29 is 9.47 Å². The van der Waals surface area contributed by atoms with Crippen LogP contribution in [0.25, 0.3) is 0 Å². The van der Waals surface area contributed by atoms with Gasteiger partial charge in [0, 0.05) is 39.4 Å². The fourth-order valence-corrected chi connectivity index (χ4v) is 3.18. The van der Waals surface area contributed by atoms with E-state index in [1.807, 2.05) is 0 Å². The second-order valence-electron chi connectivity index (χ2n) is 6.07. The minimum absolute atomic E-state index is 0.621. The molecule has 1 saturated carbocycles. The Hall–Kier alpha value is -0.160. The van der Waals surface area contributed by atoms with Crippen molar-refractivity contribution in [2.45, 2.75) is 51.6 Å². The maximum Gasteiger partial charge on any atom is 0.0589 e. The van der Waals surface area contributed by atoms with Gasteiger partial charge >= 0.3 is 0 Å². The summed E-state index contributed by atoms with van der Waals surface area (Å²) in [5, 5.41) is 3.75. The summed E-state index contributed by atoms with van der Waals surface area (Å²) in [7, 11) is 3.57. The number of nitrogens with one attached hydrogen (secondary N) is 1. The first-order valence-electron chi connectivity index (χ1n) is 8.18. The van der Waals surface area contributed by atoms with Gasteiger partial charge in [0.15, 0.2) is 0 Å². The van der Waals surface area contributed by atoms with Gasteiger partial charge in [0.25, 0.3) is 0 Å². The quantitative estimate of drug-likeness (QED) is 0.667. The van der Waals surface area contributed by atoms with E-state index < -0.39 is 0 Å². The van der Waals surface area contributed by atoms with Crippen LogP contribution in [0, 0.1) is 5.92 Å². The smallest absolute Gasteiger partial charge is 0.0589 e. The van der Waals surface area contributed by atoms with E-state index in [0.29, 0.717) is 12.1 Å². The van der Waals surface area contributed by atoms with Crippen molar-refractivity contribution in [3.8, 4) is 0 Å². The minimum Gasteiger partial charge on any atom is -0.383 e. The SMILES string of the molecule is CCCNC1CCC(C)CC1N(CCOC)CCOC. The lowest BCUT2D eigenvalue weighted by atomic mass is 9.82. The Labute approximate surface area is 125 Å². The molecule has 0 radical (unpaired) electrons. The molecule has 0 spiro atoms. The average molecular weight is 286 g/mol. The molecule has 120 valence electrons. The number of rotatable bonds is 10. The lowest BCUT2D eigenvalue weighted by Crippen LogP contribution is -2.54. The predicted octanol–water partition coefficient (Wildman–Crippen LogP) is 2.14. The van der Waals surface area contributed by atoms with Crippen LogP contribution < -0.4 is 5.32 Å². The summed E-state index contributed by atoms with van der Waals surface area (Å²) in [6.07, 6.45) is 5.13. The molecule has 3 unspecified atom stereocenters. The molecule has 0 aliphatic heterocycles. The molecule has 3 atom stereocenters. The molecule has 1 rings (SSSR count). The van der Waals surface area contributed by atoms with Gasteiger partial charge in [-0.3, -0.25) is 4.90 Å². The molecular formula is C16H34N2O2. The number of hydrogen-bond acceptors (Lipinski definition) is 4. The van der Waals surface area contributed by atoms with E-state index >= 15 is 0 Å². The van der Waals surface area contributed by atoms with Crippen LogP contribution in [0.4, 0.5) is 0 Å². The largest absolute Gasteiger partial charge is 0.383 e. The monoisotopic (exact) mass is 286 g/mol. The van der Waals surface area contributed by atoms with E-state index in [4.69, 9.17) is 9.47 Å². The zero-order chi connectivity index (χ0) is 14.8. The molecule has 4 nitrogen and oxygen atoms in total. The van der Waals surface area contributed by atoms with Gasteiger partial charge in [0.05, 0.1) is 13.2 Å². The van der Waals surface area contributed by atoms with Crippen LogP contribution in [-0.4, -0.2) is 64.1 Å². The zero-order valence-corrected chi connectivity index (χ0v) is 13.9. The number of hydrogen-bond donors (Lipinski definition) is 1. The van der Waals surface area contributed by atoms with E-state index in [2.05, 4.69) is 24.1 Å². The van der Waals surface area contributed by atoms with Crippen LogP contribution >= 0.6 is 0 Å². The lowest BCUT2D eigenvalue weighted by molar-refractivity contribution is 0.0494. The molecule has 0 aromatic rings. The van der Waals surface area contributed by atoms with E-state index in [1.165, 1.54) is 25.7 Å². The van der Waals surface area contributed by atoms with Gasteiger partial charge in [-0.2, -0.15) is 0 Å². The van der Waals surface area contributed by atoms with Crippen LogP contribution in [0.5, 0.6) is 0 Å². The van der Waals surface area contributed by atoms with E-state index in [1.54, 1.807) is 14.2 Å². The highest BCUT2D eigenvalue weighted by molar-refractivity contribution is 4.90. The van der Waals surface area contributed by atoms with Crippen molar-refractivity contribution in [3.05, 3.63) is 0 Å². The van der Waals surface area contributed by atoms with Crippen molar-refractivity contribution in [3.63, 3.8) is 0 Å². The van der Waals surface area contributed by atoms with Gasteiger partial charge in [-0.05, 0) is 38.1 Å². The minimum atomic E-state index is 0.621. The second kappa shape index (κ2) is 10.6. The van der Waals surface area contributed by atoms with Gasteiger partial charge in [0.2, 0.25) is 0 Å². The average Bonchev–Trinajstić information content (AvgIpc) is 2.46. The Kier molecular flexibility index (Phi) is 9.44. The zero-order valence-electron chi connectivity index (χ0n) is 13.9. The lowest BCUT2D eigenvalue weighted by Gasteiger charge is -2.42. The normalized spacial score (nSPS) is 27.1. The van der Waals surface area contributed by atoms with Gasteiger partial charge in [-0.25, -0.2) is 0 Å². The third-order valence-corrected chi connectivity index (χ3v) is 4.37. The fraction of sp³-hybridized carbons (Fsp3) is 1.00. The topological polar surface area (TPSA) is 33.7 Å². The predicted molar refractivity (Wildman–Crippen MR) is 84.2 cm³/mol. The van der Waals surface area contributed by atoms with Crippen molar-refractivity contribution in [2.75, 3.05) is 47.1 Å². The standard InChI is InChI=1S/C16H34N2O2/c1-5-8-17-15-7-6-14(2)13-16(15)18(9-11-19-3)10-12-20-4/h14-17H,5-13H2,1-4H3. The summed E-state index contributed by atoms with van der Waals surface area (Å²) in [5.74, 6) is 0.826. The van der Waals surface area contributed by atoms with Gasteiger partial charge in [-0.15, -0.1) is 0 Å². The van der Waals surface area contributed by atoms with Crippen LogP contribution in [-0.2, 0) is 9.47 Å². The van der Waals surface area contributed by atoms with E-state index in [9.17, 15) is 0 Å². The first-order chi connectivity index (χ1) is 9.72. The molecule has 20 heavy (non-hydrogen) atoms. The Morgan fingerprint density at radius 2 is 1.75 bits per heavy atom. The molecule has 0 aromatic heterocycles. The van der Waals surface area contributed by atoms with E-state index in [-0.39, 0.29) is 0 Å². The summed E-state index contributed by atoms with van der Waals surface area (Å²) in [6, 6.07) is 1.25. The molecule has 0 heterocycles. The highest BCUT2D eigenvalue weighted by Gasteiger charge is 2.32. The van der Waals surface area contributed by atoms with Gasteiger partial charge in [-0.1, -0.05) is 13.8 Å². The van der Waals surface area contributed by atoms with Crippen molar-refractivity contribution >= 4 is 0 Å². The highest BCUT2D eigenvalue weighted by atomic mass is 16.5. The maximum atomic E-state index is 5.28. The summed E-state index contributed by atoms with van der Waals surface area (Å²) in [6.45, 7) is 9.35.